The summed E-state index contributed by atoms with van der Waals surface area (Å²) >= 11 is 11.9. The zero-order valence-electron chi connectivity index (χ0n) is 16.9. The van der Waals surface area contributed by atoms with Crippen molar-refractivity contribution in [2.75, 3.05) is 26.8 Å². The van der Waals surface area contributed by atoms with Crippen LogP contribution >= 0.6 is 23.2 Å². The number of hydroxylamine groups is 1. The number of nitrogens with one attached hydrogen (secondary N) is 1. The van der Waals surface area contributed by atoms with E-state index in [9.17, 15) is 18.0 Å². The highest BCUT2D eigenvalue weighted by Crippen LogP contribution is 2.48. The van der Waals surface area contributed by atoms with Gasteiger partial charge in [0, 0.05) is 41.7 Å². The van der Waals surface area contributed by atoms with Gasteiger partial charge in [-0.15, -0.1) is 0 Å². The Morgan fingerprint density at radius 2 is 1.81 bits per heavy atom. The smallest absolute Gasteiger partial charge is 0.375 e. The summed E-state index contributed by atoms with van der Waals surface area (Å²) < 4.78 is 47.1. The van der Waals surface area contributed by atoms with E-state index in [0.29, 0.717) is 18.7 Å². The number of rotatable bonds is 5. The summed E-state index contributed by atoms with van der Waals surface area (Å²) in [4.78, 5) is 18.6. The lowest BCUT2D eigenvalue weighted by atomic mass is 9.89. The fourth-order valence-electron chi connectivity index (χ4n) is 3.80. The van der Waals surface area contributed by atoms with Gasteiger partial charge in [-0.2, -0.15) is 13.2 Å². The lowest BCUT2D eigenvalue weighted by Gasteiger charge is -2.39. The fraction of sp³-hybridized carbons (Fsp3) is 0.318. The first-order chi connectivity index (χ1) is 15.1. The molecule has 1 saturated heterocycles. The SMILES string of the molecule is COCC(=O)N1CC(c2ccc(C3=CC(c4cc(Cl)cc(Cl)c4)(C(F)(F)F)ON3)cc2)C1. The van der Waals surface area contributed by atoms with Gasteiger partial charge in [0.25, 0.3) is 0 Å². The van der Waals surface area contributed by atoms with E-state index in [1.165, 1.54) is 25.3 Å². The molecule has 32 heavy (non-hydrogen) atoms. The zero-order chi connectivity index (χ0) is 23.1. The van der Waals surface area contributed by atoms with Gasteiger partial charge >= 0.3 is 6.18 Å². The molecular weight excluding hydrogens is 468 g/mol. The standard InChI is InChI=1S/C22H19Cl2F3N2O3/c1-31-12-20(30)29-10-15(11-29)13-2-4-14(5-3-13)19-9-21(32-28-19,22(25,26)27)16-6-17(23)8-18(24)7-16/h2-9,15,28H,10-12H2,1H3. The molecular formula is C22H19Cl2F3N2O3. The van der Waals surface area contributed by atoms with E-state index < -0.39 is 11.8 Å². The van der Waals surface area contributed by atoms with Crippen molar-refractivity contribution in [3.63, 3.8) is 0 Å². The van der Waals surface area contributed by atoms with Gasteiger partial charge in [0.2, 0.25) is 11.5 Å². The molecule has 2 aromatic rings. The van der Waals surface area contributed by atoms with Gasteiger partial charge in [-0.25, -0.2) is 0 Å². The second-order valence-corrected chi connectivity index (χ2v) is 8.58. The third-order valence-corrected chi connectivity index (χ3v) is 6.01. The van der Waals surface area contributed by atoms with Gasteiger partial charge in [-0.1, -0.05) is 47.5 Å². The maximum Gasteiger partial charge on any atom is 0.428 e. The number of amides is 1. The first kappa shape index (κ1) is 22.9. The Labute approximate surface area is 192 Å². The summed E-state index contributed by atoms with van der Waals surface area (Å²) in [5.41, 5.74) is 1.16. The van der Waals surface area contributed by atoms with Crippen molar-refractivity contribution in [1.29, 1.82) is 0 Å². The number of benzene rings is 2. The van der Waals surface area contributed by atoms with Crippen LogP contribution in [0.3, 0.4) is 0 Å². The largest absolute Gasteiger partial charge is 0.428 e. The van der Waals surface area contributed by atoms with Crippen LogP contribution in [0.2, 0.25) is 10.0 Å². The molecule has 0 saturated carbocycles. The molecule has 0 bridgehead atoms. The van der Waals surface area contributed by atoms with Gasteiger partial charge in [-0.3, -0.25) is 15.1 Å². The van der Waals surface area contributed by atoms with Crippen LogP contribution in [0, 0.1) is 0 Å². The van der Waals surface area contributed by atoms with Crippen molar-refractivity contribution in [1.82, 2.24) is 10.4 Å². The number of ether oxygens (including phenoxy) is 1. The predicted molar refractivity (Wildman–Crippen MR) is 114 cm³/mol. The molecule has 0 spiro atoms. The molecule has 10 heteroatoms. The van der Waals surface area contributed by atoms with Crippen LogP contribution in [-0.4, -0.2) is 43.8 Å². The van der Waals surface area contributed by atoms with Crippen molar-refractivity contribution < 1.29 is 27.5 Å². The summed E-state index contributed by atoms with van der Waals surface area (Å²) in [7, 11) is 1.47. The first-order valence-corrected chi connectivity index (χ1v) is 10.5. The highest BCUT2D eigenvalue weighted by Gasteiger charge is 2.59. The fourth-order valence-corrected chi connectivity index (χ4v) is 4.32. The summed E-state index contributed by atoms with van der Waals surface area (Å²) in [5, 5.41) is 0.147. The highest BCUT2D eigenvalue weighted by molar-refractivity contribution is 6.34. The van der Waals surface area contributed by atoms with Crippen LogP contribution in [0.25, 0.3) is 5.70 Å². The quantitative estimate of drug-likeness (QED) is 0.652. The minimum atomic E-state index is -4.76. The summed E-state index contributed by atoms with van der Waals surface area (Å²) in [6.07, 6.45) is -3.78. The van der Waals surface area contributed by atoms with E-state index in [1.54, 1.807) is 17.0 Å². The van der Waals surface area contributed by atoms with E-state index in [4.69, 9.17) is 32.8 Å². The highest BCUT2D eigenvalue weighted by atomic mass is 35.5. The Morgan fingerprint density at radius 3 is 2.38 bits per heavy atom. The molecule has 0 radical (unpaired) electrons. The Bertz CT molecular complexity index is 1030. The van der Waals surface area contributed by atoms with E-state index in [2.05, 4.69) is 5.48 Å². The summed E-state index contributed by atoms with van der Waals surface area (Å²) in [6.45, 7) is 1.21. The molecule has 1 N–H and O–H groups in total. The molecule has 0 aromatic heterocycles. The van der Waals surface area contributed by atoms with Gasteiger partial charge < -0.3 is 9.64 Å². The van der Waals surface area contributed by atoms with E-state index >= 15 is 0 Å². The topological polar surface area (TPSA) is 50.8 Å². The predicted octanol–water partition coefficient (Wildman–Crippen LogP) is 4.90. The van der Waals surface area contributed by atoms with Crippen LogP contribution in [0.1, 0.15) is 22.6 Å². The third-order valence-electron chi connectivity index (χ3n) is 5.58. The van der Waals surface area contributed by atoms with Crippen LogP contribution in [-0.2, 0) is 20.0 Å². The molecule has 0 aliphatic carbocycles. The molecule has 4 rings (SSSR count). The first-order valence-electron chi connectivity index (χ1n) is 9.70. The van der Waals surface area contributed by atoms with E-state index in [0.717, 1.165) is 11.6 Å². The molecule has 5 nitrogen and oxygen atoms in total. The Balaban J connectivity index is 1.56. The molecule has 170 valence electrons. The second kappa shape index (κ2) is 8.59. The van der Waals surface area contributed by atoms with Crippen LogP contribution < -0.4 is 5.48 Å². The monoisotopic (exact) mass is 486 g/mol. The molecule has 1 atom stereocenters. The van der Waals surface area contributed by atoms with Crippen molar-refractivity contribution in [3.8, 4) is 0 Å². The Morgan fingerprint density at radius 1 is 1.19 bits per heavy atom. The maximum atomic E-state index is 14.1. The number of halogens is 5. The third kappa shape index (κ3) is 4.20. The zero-order valence-corrected chi connectivity index (χ0v) is 18.4. The normalized spacial score (nSPS) is 21.2. The van der Waals surface area contributed by atoms with E-state index in [1.807, 2.05) is 12.1 Å². The average molecular weight is 487 g/mol. The van der Waals surface area contributed by atoms with Crippen LogP contribution in [0.4, 0.5) is 13.2 Å². The molecule has 2 aliphatic rings. The molecule has 1 unspecified atom stereocenters. The van der Waals surface area contributed by atoms with Crippen molar-refractivity contribution in [2.45, 2.75) is 17.7 Å². The van der Waals surface area contributed by atoms with Crippen LogP contribution in [0.5, 0.6) is 0 Å². The van der Waals surface area contributed by atoms with Crippen molar-refractivity contribution in [3.05, 3.63) is 75.3 Å². The lowest BCUT2D eigenvalue weighted by Crippen LogP contribution is -2.49. The number of methoxy groups -OCH3 is 1. The van der Waals surface area contributed by atoms with Crippen LogP contribution in [0.15, 0.2) is 48.5 Å². The van der Waals surface area contributed by atoms with Crippen molar-refractivity contribution >= 4 is 34.8 Å². The minimum absolute atomic E-state index is 0.0459. The van der Waals surface area contributed by atoms with Crippen molar-refractivity contribution in [2.24, 2.45) is 0 Å². The average Bonchev–Trinajstić information content (AvgIpc) is 3.14. The Kier molecular flexibility index (Phi) is 6.15. The number of alkyl halides is 3. The number of likely N-dealkylation sites (tertiary alicyclic amines) is 1. The molecule has 2 aromatic carbocycles. The van der Waals surface area contributed by atoms with Gasteiger partial charge in [-0.05, 0) is 35.4 Å². The number of hydrogen-bond acceptors (Lipinski definition) is 4. The van der Waals surface area contributed by atoms with Gasteiger partial charge in [0.15, 0.2) is 0 Å². The number of nitrogens with zero attached hydrogens (tertiary/aromatic N) is 1. The van der Waals surface area contributed by atoms with Gasteiger partial charge in [0.05, 0.1) is 5.70 Å². The molecule has 2 heterocycles. The number of carbonyl (C=O) groups is 1. The maximum absolute atomic E-state index is 14.1. The second-order valence-electron chi connectivity index (χ2n) is 7.70. The summed E-state index contributed by atoms with van der Waals surface area (Å²) in [6, 6.07) is 10.8. The minimum Gasteiger partial charge on any atom is -0.375 e. The lowest BCUT2D eigenvalue weighted by molar-refractivity contribution is -0.269. The molecule has 2 aliphatic heterocycles. The Hall–Kier alpha value is -2.26. The van der Waals surface area contributed by atoms with E-state index in [-0.39, 0.29) is 39.7 Å². The number of hydrogen-bond donors (Lipinski definition) is 1. The molecule has 1 amide bonds. The number of carbonyl (C=O) groups excluding carboxylic acids is 1. The summed E-state index contributed by atoms with van der Waals surface area (Å²) in [5.74, 6) is 0.108. The molecule has 1 fully saturated rings. The van der Waals surface area contributed by atoms with Gasteiger partial charge in [0.1, 0.15) is 6.61 Å².